The summed E-state index contributed by atoms with van der Waals surface area (Å²) in [6.07, 6.45) is 1.37. The predicted octanol–water partition coefficient (Wildman–Crippen LogP) is 4.40. The van der Waals surface area contributed by atoms with Crippen LogP contribution in [0.2, 0.25) is 5.02 Å². The van der Waals surface area contributed by atoms with Crippen LogP contribution in [0.15, 0.2) is 104 Å². The zero-order valence-corrected chi connectivity index (χ0v) is 23.6. The van der Waals surface area contributed by atoms with Gasteiger partial charge >= 0.3 is 0 Å². The van der Waals surface area contributed by atoms with E-state index in [2.05, 4.69) is 4.98 Å². The highest BCUT2D eigenvalue weighted by atomic mass is 35.5. The number of pyridine rings is 1. The van der Waals surface area contributed by atoms with Crippen LogP contribution in [-0.2, 0) is 9.84 Å². The lowest BCUT2D eigenvalue weighted by molar-refractivity contribution is 0.388. The molecule has 1 N–H and O–H groups in total. The van der Waals surface area contributed by atoms with E-state index in [4.69, 9.17) is 21.1 Å². The Hall–Kier alpha value is -4.94. The molecular formula is C29H21ClFN3O7S. The van der Waals surface area contributed by atoms with Crippen molar-refractivity contribution in [2.24, 2.45) is 0 Å². The summed E-state index contributed by atoms with van der Waals surface area (Å²) in [5, 5.41) is 11.2. The molecule has 13 heteroatoms. The number of benzene rings is 3. The molecule has 2 aromatic heterocycles. The summed E-state index contributed by atoms with van der Waals surface area (Å²) in [4.78, 5) is 29.1. The Kier molecular flexibility index (Phi) is 7.59. The zero-order chi connectivity index (χ0) is 30.2. The minimum atomic E-state index is -4.69. The summed E-state index contributed by atoms with van der Waals surface area (Å²) >= 11 is 5.99. The molecule has 214 valence electrons. The van der Waals surface area contributed by atoms with Gasteiger partial charge in [-0.15, -0.1) is 0 Å². The molecule has 0 aliphatic heterocycles. The van der Waals surface area contributed by atoms with Crippen LogP contribution in [0, 0.1) is 5.82 Å². The van der Waals surface area contributed by atoms with Crippen molar-refractivity contribution >= 4 is 21.4 Å². The van der Waals surface area contributed by atoms with E-state index in [0.717, 1.165) is 16.7 Å². The molecule has 0 bridgehead atoms. The molecule has 3 aromatic carbocycles. The van der Waals surface area contributed by atoms with Gasteiger partial charge in [-0.3, -0.25) is 18.7 Å². The molecule has 10 nitrogen and oxygen atoms in total. The predicted molar refractivity (Wildman–Crippen MR) is 152 cm³/mol. The number of aromatic nitrogens is 3. The molecule has 0 radical (unpaired) electrons. The normalized spacial score (nSPS) is 11.3. The Morgan fingerprint density at radius 3 is 2.10 bits per heavy atom. The van der Waals surface area contributed by atoms with Gasteiger partial charge in [-0.25, -0.2) is 12.8 Å². The fraction of sp³-hybridized carbons (Fsp3) is 0.0690. The smallest absolute Gasteiger partial charge is 0.281 e. The maximum Gasteiger partial charge on any atom is 0.281 e. The second-order valence-corrected chi connectivity index (χ2v) is 11.1. The minimum absolute atomic E-state index is 0.00598. The number of rotatable bonds is 7. The molecule has 0 spiro atoms. The summed E-state index contributed by atoms with van der Waals surface area (Å²) in [6.45, 7) is 0. The largest absolute Gasteiger partial charge is 0.494 e. The molecule has 2 heterocycles. The van der Waals surface area contributed by atoms with E-state index in [-0.39, 0.29) is 38.5 Å². The van der Waals surface area contributed by atoms with Gasteiger partial charge in [-0.2, -0.15) is 4.98 Å². The van der Waals surface area contributed by atoms with Crippen LogP contribution >= 0.6 is 11.6 Å². The quantitative estimate of drug-likeness (QED) is 0.287. The molecule has 5 rings (SSSR count). The Morgan fingerprint density at radius 2 is 1.50 bits per heavy atom. The molecule has 0 atom stereocenters. The third-order valence-corrected chi connectivity index (χ3v) is 8.33. The maximum atomic E-state index is 14.1. The van der Waals surface area contributed by atoms with Gasteiger partial charge in [-0.05, 0) is 66.7 Å². The second-order valence-electron chi connectivity index (χ2n) is 8.80. The Morgan fingerprint density at radius 1 is 0.881 bits per heavy atom. The first-order chi connectivity index (χ1) is 20.1. The lowest BCUT2D eigenvalue weighted by Crippen LogP contribution is -2.28. The van der Waals surface area contributed by atoms with Gasteiger partial charge in [-0.1, -0.05) is 17.7 Å². The summed E-state index contributed by atoms with van der Waals surface area (Å²) in [5.41, 5.74) is -1.06. The van der Waals surface area contributed by atoms with Gasteiger partial charge in [0.15, 0.2) is 10.7 Å². The van der Waals surface area contributed by atoms with Crippen molar-refractivity contribution in [3.63, 3.8) is 0 Å². The number of sulfone groups is 1. The fourth-order valence-electron chi connectivity index (χ4n) is 4.35. The Balaban J connectivity index is 1.76. The molecule has 0 fully saturated rings. The van der Waals surface area contributed by atoms with Gasteiger partial charge in [0.25, 0.3) is 11.1 Å². The van der Waals surface area contributed by atoms with E-state index in [1.165, 1.54) is 85.6 Å². The monoisotopic (exact) mass is 609 g/mol. The topological polar surface area (TPSA) is 130 Å². The third kappa shape index (κ3) is 5.01. The van der Waals surface area contributed by atoms with Gasteiger partial charge in [0.1, 0.15) is 23.0 Å². The van der Waals surface area contributed by atoms with Gasteiger partial charge in [0, 0.05) is 23.5 Å². The third-order valence-electron chi connectivity index (χ3n) is 6.32. The first-order valence-corrected chi connectivity index (χ1v) is 14.0. The number of aromatic hydroxyl groups is 1. The Labute approximate surface area is 243 Å². The number of ether oxygens (including phenoxy) is 2. The molecule has 0 saturated carbocycles. The van der Waals surface area contributed by atoms with Crippen molar-refractivity contribution in [2.45, 2.75) is 9.79 Å². The van der Waals surface area contributed by atoms with Gasteiger partial charge in [0.2, 0.25) is 15.7 Å². The molecular weight excluding hydrogens is 589 g/mol. The number of halogens is 2. The SMILES string of the molecule is COc1cccc(OC)c1-n1c(-c2ccc(F)cc2)nc(O)c(S(=O)(=O)c2ccc(-n3cc(Cl)ccc3=O)cc2)c1=O. The number of methoxy groups -OCH3 is 2. The number of nitrogens with zero attached hydrogens (tertiary/aromatic N) is 3. The van der Waals surface area contributed by atoms with Crippen molar-refractivity contribution in [2.75, 3.05) is 14.2 Å². The molecule has 0 aliphatic rings. The van der Waals surface area contributed by atoms with Crippen molar-refractivity contribution in [3.8, 4) is 40.1 Å². The lowest BCUT2D eigenvalue weighted by atomic mass is 10.2. The van der Waals surface area contributed by atoms with Crippen molar-refractivity contribution < 1.29 is 27.4 Å². The van der Waals surface area contributed by atoms with Crippen LogP contribution in [-0.4, -0.2) is 41.9 Å². The highest BCUT2D eigenvalue weighted by molar-refractivity contribution is 7.91. The van der Waals surface area contributed by atoms with E-state index in [0.29, 0.717) is 5.69 Å². The van der Waals surface area contributed by atoms with E-state index in [1.54, 1.807) is 6.07 Å². The summed E-state index contributed by atoms with van der Waals surface area (Å²) in [6, 6.07) is 17.3. The standard InChI is InChI=1S/C29H21ClFN3O7S/c1-40-22-4-3-5-23(41-2)25(22)34-27(17-6-9-19(31)10-7-17)32-28(36)26(29(34)37)42(38,39)21-13-11-20(12-14-21)33-16-18(30)8-15-24(33)35/h3-16,36H,1-2H3. The molecule has 0 amide bonds. The van der Waals surface area contributed by atoms with Crippen molar-refractivity contribution in [1.29, 1.82) is 0 Å². The van der Waals surface area contributed by atoms with E-state index in [1.807, 2.05) is 0 Å². The van der Waals surface area contributed by atoms with E-state index < -0.39 is 37.5 Å². The number of hydrogen-bond donors (Lipinski definition) is 1. The van der Waals surface area contributed by atoms with Gasteiger partial charge < -0.3 is 14.6 Å². The zero-order valence-electron chi connectivity index (χ0n) is 22.0. The molecule has 0 aliphatic carbocycles. The summed E-state index contributed by atoms with van der Waals surface area (Å²) in [5.74, 6) is -1.57. The van der Waals surface area contributed by atoms with Crippen LogP contribution in [0.3, 0.4) is 0 Å². The summed E-state index contributed by atoms with van der Waals surface area (Å²) in [7, 11) is -2.00. The van der Waals surface area contributed by atoms with Crippen LogP contribution in [0.4, 0.5) is 4.39 Å². The first kappa shape index (κ1) is 28.6. The molecule has 5 aromatic rings. The lowest BCUT2D eigenvalue weighted by Gasteiger charge is -2.19. The van der Waals surface area contributed by atoms with Gasteiger partial charge in [0.05, 0.1) is 24.1 Å². The first-order valence-electron chi connectivity index (χ1n) is 12.1. The highest BCUT2D eigenvalue weighted by Gasteiger charge is 2.32. The Bertz CT molecular complexity index is 2020. The average molecular weight is 610 g/mol. The van der Waals surface area contributed by atoms with Crippen LogP contribution in [0.1, 0.15) is 0 Å². The van der Waals surface area contributed by atoms with Crippen molar-refractivity contribution in [3.05, 3.63) is 117 Å². The average Bonchev–Trinajstić information content (AvgIpc) is 2.98. The van der Waals surface area contributed by atoms with E-state index >= 15 is 0 Å². The van der Waals surface area contributed by atoms with Crippen LogP contribution in [0.25, 0.3) is 22.8 Å². The van der Waals surface area contributed by atoms with E-state index in [9.17, 15) is 27.5 Å². The second kappa shape index (κ2) is 11.1. The number of hydrogen-bond acceptors (Lipinski definition) is 8. The molecule has 0 saturated heterocycles. The van der Waals surface area contributed by atoms with Crippen molar-refractivity contribution in [1.82, 2.24) is 14.1 Å². The number of para-hydroxylation sites is 1. The molecule has 0 unspecified atom stereocenters. The maximum absolute atomic E-state index is 14.1. The molecule has 42 heavy (non-hydrogen) atoms. The van der Waals surface area contributed by atoms with Crippen LogP contribution < -0.4 is 20.6 Å². The summed E-state index contributed by atoms with van der Waals surface area (Å²) < 4.78 is 54.4. The fourth-order valence-corrected chi connectivity index (χ4v) is 5.85. The highest BCUT2D eigenvalue weighted by Crippen LogP contribution is 2.36. The van der Waals surface area contributed by atoms with Crippen LogP contribution in [0.5, 0.6) is 17.4 Å². The minimum Gasteiger partial charge on any atom is -0.494 e.